The lowest BCUT2D eigenvalue weighted by molar-refractivity contribution is 0.0909. The monoisotopic (exact) mass is 444 g/mol. The van der Waals surface area contributed by atoms with E-state index in [9.17, 15) is 14.7 Å². The van der Waals surface area contributed by atoms with Gasteiger partial charge in [-0.25, -0.2) is 4.68 Å². The molecule has 1 heterocycles. The van der Waals surface area contributed by atoms with Crippen molar-refractivity contribution in [2.45, 2.75) is 52.2 Å². The van der Waals surface area contributed by atoms with Crippen molar-refractivity contribution in [2.75, 3.05) is 5.32 Å². The third-order valence-electron chi connectivity index (χ3n) is 6.75. The van der Waals surface area contributed by atoms with Crippen LogP contribution in [0, 0.1) is 12.3 Å². The van der Waals surface area contributed by atoms with Gasteiger partial charge in [-0.15, -0.1) is 0 Å². The molecule has 0 bridgehead atoms. The second-order valence-corrected chi connectivity index (χ2v) is 9.95. The second kappa shape index (κ2) is 7.56. The number of carbonyl (C=O) groups is 2. The molecule has 2 aliphatic rings. The molecule has 33 heavy (non-hydrogen) atoms. The van der Waals surface area contributed by atoms with Crippen molar-refractivity contribution in [3.63, 3.8) is 0 Å². The number of anilines is 1. The first-order valence-corrected chi connectivity index (χ1v) is 11.2. The van der Waals surface area contributed by atoms with Crippen LogP contribution < -0.4 is 11.1 Å². The number of nitrogens with one attached hydrogen (secondary N) is 1. The number of rotatable bonds is 4. The van der Waals surface area contributed by atoms with Gasteiger partial charge < -0.3 is 16.2 Å². The number of ketones is 1. The van der Waals surface area contributed by atoms with E-state index >= 15 is 0 Å². The van der Waals surface area contributed by atoms with Crippen LogP contribution in [0.15, 0.2) is 42.5 Å². The minimum absolute atomic E-state index is 0.114. The highest BCUT2D eigenvalue weighted by Gasteiger charge is 2.36. The molecule has 7 nitrogen and oxygen atoms in total. The highest BCUT2D eigenvalue weighted by atomic mass is 16.3. The van der Waals surface area contributed by atoms with Crippen molar-refractivity contribution in [1.29, 1.82) is 0 Å². The number of benzene rings is 2. The van der Waals surface area contributed by atoms with E-state index < -0.39 is 12.0 Å². The van der Waals surface area contributed by atoms with Gasteiger partial charge in [0.05, 0.1) is 40.3 Å². The lowest BCUT2D eigenvalue weighted by atomic mass is 9.75. The molecule has 1 amide bonds. The number of hydrogen-bond acceptors (Lipinski definition) is 5. The summed E-state index contributed by atoms with van der Waals surface area (Å²) in [6.07, 6.45) is 1.15. The fourth-order valence-corrected chi connectivity index (χ4v) is 5.27. The molecular weight excluding hydrogens is 416 g/mol. The van der Waals surface area contributed by atoms with Crippen molar-refractivity contribution in [2.24, 2.45) is 11.1 Å². The first-order chi connectivity index (χ1) is 15.6. The van der Waals surface area contributed by atoms with Gasteiger partial charge in [-0.3, -0.25) is 9.59 Å². The van der Waals surface area contributed by atoms with E-state index in [1.165, 1.54) is 0 Å². The van der Waals surface area contributed by atoms with Crippen LogP contribution >= 0.6 is 0 Å². The lowest BCUT2D eigenvalue weighted by Gasteiger charge is -2.29. The van der Waals surface area contributed by atoms with E-state index in [1.54, 1.807) is 16.8 Å². The number of aliphatic hydroxyl groups excluding tert-OH is 1. The van der Waals surface area contributed by atoms with Crippen molar-refractivity contribution in [3.05, 3.63) is 76.1 Å². The predicted molar refractivity (Wildman–Crippen MR) is 126 cm³/mol. The Kier molecular flexibility index (Phi) is 4.90. The number of aryl methyl sites for hydroxylation is 1. The van der Waals surface area contributed by atoms with Gasteiger partial charge in [-0.05, 0) is 48.1 Å². The Morgan fingerprint density at radius 1 is 1.21 bits per heavy atom. The molecule has 170 valence electrons. The minimum atomic E-state index is -0.620. The van der Waals surface area contributed by atoms with Crippen molar-refractivity contribution < 1.29 is 14.7 Å². The number of nitrogens with two attached hydrogens (primary N) is 1. The number of fused-ring (bicyclic) bond motifs is 2. The summed E-state index contributed by atoms with van der Waals surface area (Å²) in [5.74, 6) is -0.442. The summed E-state index contributed by atoms with van der Waals surface area (Å²) >= 11 is 0. The summed E-state index contributed by atoms with van der Waals surface area (Å²) in [6, 6.07) is 12.8. The molecule has 2 atom stereocenters. The van der Waals surface area contributed by atoms with Crippen LogP contribution in [0.5, 0.6) is 0 Å². The summed E-state index contributed by atoms with van der Waals surface area (Å²) in [6.45, 7) is 6.03. The molecule has 7 heteroatoms. The van der Waals surface area contributed by atoms with E-state index in [0.717, 1.165) is 28.9 Å². The number of nitrogens with zero attached hydrogens (tertiary/aromatic N) is 2. The van der Waals surface area contributed by atoms with E-state index in [1.807, 2.05) is 37.3 Å². The number of carbonyl (C=O) groups excluding carboxylic acids is 2. The van der Waals surface area contributed by atoms with Gasteiger partial charge in [0.2, 0.25) is 0 Å². The van der Waals surface area contributed by atoms with Gasteiger partial charge >= 0.3 is 0 Å². The number of amides is 1. The van der Waals surface area contributed by atoms with Crippen molar-refractivity contribution >= 4 is 17.4 Å². The van der Waals surface area contributed by atoms with Gasteiger partial charge in [0.1, 0.15) is 0 Å². The van der Waals surface area contributed by atoms with E-state index in [2.05, 4.69) is 24.3 Å². The van der Waals surface area contributed by atoms with Crippen LogP contribution in [0.2, 0.25) is 0 Å². The van der Waals surface area contributed by atoms with Crippen LogP contribution in [0.3, 0.4) is 0 Å². The number of aliphatic hydroxyl groups is 1. The largest absolute Gasteiger partial charge is 0.390 e. The van der Waals surface area contributed by atoms with Gasteiger partial charge in [0, 0.05) is 18.5 Å². The number of aromatic nitrogens is 2. The molecule has 5 rings (SSSR count). The number of Topliss-reactive ketones (excluding diaryl/α,β-unsaturated/α-hetero) is 1. The Hall–Kier alpha value is -3.45. The smallest absolute Gasteiger partial charge is 0.250 e. The molecule has 0 aliphatic heterocycles. The quantitative estimate of drug-likeness (QED) is 0.570. The van der Waals surface area contributed by atoms with E-state index in [-0.39, 0.29) is 17.2 Å². The Morgan fingerprint density at radius 2 is 1.97 bits per heavy atom. The fraction of sp³-hybridized carbons (Fsp3) is 0.346. The van der Waals surface area contributed by atoms with E-state index in [4.69, 9.17) is 5.73 Å². The highest BCUT2D eigenvalue weighted by Crippen LogP contribution is 2.38. The minimum Gasteiger partial charge on any atom is -0.390 e. The summed E-state index contributed by atoms with van der Waals surface area (Å²) in [4.78, 5) is 25.0. The molecule has 0 saturated heterocycles. The summed E-state index contributed by atoms with van der Waals surface area (Å²) in [5, 5.41) is 18.7. The molecule has 4 N–H and O–H groups in total. The molecule has 3 aromatic rings. The van der Waals surface area contributed by atoms with Gasteiger partial charge in [-0.1, -0.05) is 38.1 Å². The molecule has 2 aromatic carbocycles. The Bertz CT molecular complexity index is 1290. The summed E-state index contributed by atoms with van der Waals surface area (Å²) in [7, 11) is 0. The van der Waals surface area contributed by atoms with Crippen LogP contribution in [0.1, 0.15) is 69.5 Å². The zero-order valence-electron chi connectivity index (χ0n) is 19.1. The van der Waals surface area contributed by atoms with Crippen molar-refractivity contribution in [1.82, 2.24) is 9.78 Å². The first-order valence-electron chi connectivity index (χ1n) is 11.2. The maximum atomic E-state index is 12.8. The topological polar surface area (TPSA) is 110 Å². The van der Waals surface area contributed by atoms with Crippen LogP contribution in [-0.4, -0.2) is 32.7 Å². The first kappa shape index (κ1) is 21.4. The van der Waals surface area contributed by atoms with Gasteiger partial charge in [0.15, 0.2) is 5.78 Å². The fourth-order valence-electron chi connectivity index (χ4n) is 5.27. The zero-order chi connectivity index (χ0) is 23.5. The van der Waals surface area contributed by atoms with Crippen molar-refractivity contribution in [3.8, 4) is 5.69 Å². The summed E-state index contributed by atoms with van der Waals surface area (Å²) < 4.78 is 1.80. The highest BCUT2D eigenvalue weighted by molar-refractivity contribution is 6.00. The maximum Gasteiger partial charge on any atom is 0.250 e. The normalized spacial score (nSPS) is 20.9. The van der Waals surface area contributed by atoms with Crippen LogP contribution in [0.25, 0.3) is 5.69 Å². The number of primary amides is 1. The average molecular weight is 445 g/mol. The molecule has 2 aliphatic carbocycles. The van der Waals surface area contributed by atoms with Crippen LogP contribution in [-0.2, 0) is 12.8 Å². The summed E-state index contributed by atoms with van der Waals surface area (Å²) in [5.41, 5.74) is 11.5. The molecule has 0 radical (unpaired) electrons. The average Bonchev–Trinajstić information content (AvgIpc) is 3.23. The molecule has 0 spiro atoms. The molecular formula is C26H28N4O3. The Labute approximate surface area is 192 Å². The Morgan fingerprint density at radius 3 is 2.73 bits per heavy atom. The maximum absolute atomic E-state index is 12.8. The van der Waals surface area contributed by atoms with Gasteiger partial charge in [-0.2, -0.15) is 5.10 Å². The molecule has 0 fully saturated rings. The predicted octanol–water partition coefficient (Wildman–Crippen LogP) is 3.50. The van der Waals surface area contributed by atoms with Crippen LogP contribution in [0.4, 0.5) is 5.69 Å². The zero-order valence-corrected chi connectivity index (χ0v) is 19.1. The third-order valence-corrected chi connectivity index (χ3v) is 6.75. The van der Waals surface area contributed by atoms with E-state index in [0.29, 0.717) is 35.3 Å². The molecule has 0 saturated carbocycles. The molecule has 1 aromatic heterocycles. The second-order valence-electron chi connectivity index (χ2n) is 9.95. The third kappa shape index (κ3) is 3.62. The Balaban J connectivity index is 1.59. The number of hydrogen-bond donors (Lipinski definition) is 3. The molecule has 0 unspecified atom stereocenters. The standard InChI is InChI=1S/C26H28N4O3/c1-14-23-20(12-26(2,3)13-22(23)32)30(29-14)16-8-9-18(25(27)33)19(11-16)28-24-17-7-5-4-6-15(17)10-21(24)31/h4-9,11,21,24,28,31H,10,12-13H2,1-3H3,(H2,27,33)/t21-,24+/m0/s1. The van der Waals surface area contributed by atoms with Gasteiger partial charge in [0.25, 0.3) is 5.91 Å². The lowest BCUT2D eigenvalue weighted by Crippen LogP contribution is -2.28. The SMILES string of the molecule is Cc1nn(-c2ccc(C(N)=O)c(N[C@@H]3c4ccccc4C[C@@H]3O)c2)c2c1C(=O)CC(C)(C)C2.